The zero-order valence-corrected chi connectivity index (χ0v) is 7.27. The first-order valence-electron chi connectivity index (χ1n) is 3.75. The van der Waals surface area contributed by atoms with Crippen molar-refractivity contribution in [3.8, 4) is 0 Å². The molecule has 0 aromatic carbocycles. The molecule has 1 unspecified atom stereocenters. The summed E-state index contributed by atoms with van der Waals surface area (Å²) in [5, 5.41) is 0. The molecule has 0 spiro atoms. The van der Waals surface area contributed by atoms with Crippen LogP contribution in [0.3, 0.4) is 0 Å². The third-order valence-electron chi connectivity index (χ3n) is 2.44. The summed E-state index contributed by atoms with van der Waals surface area (Å²) >= 11 is 0. The maximum absolute atomic E-state index is 5.45. The molecule has 0 radical (unpaired) electrons. The van der Waals surface area contributed by atoms with E-state index >= 15 is 0 Å². The molecule has 0 heterocycles. The summed E-state index contributed by atoms with van der Waals surface area (Å²) < 4.78 is 5.45. The highest BCUT2D eigenvalue weighted by atomic mass is 16.5. The van der Waals surface area contributed by atoms with E-state index in [1.807, 2.05) is 0 Å². The Morgan fingerprint density at radius 3 is 1.90 bits per heavy atom. The average molecular weight is 140 g/mol. The van der Waals surface area contributed by atoms with E-state index in [9.17, 15) is 0 Å². The van der Waals surface area contributed by atoms with E-state index in [1.54, 1.807) is 7.11 Å². The molecule has 0 amide bonds. The summed E-state index contributed by atoms with van der Waals surface area (Å²) in [6, 6.07) is 0. The predicted octanol–water partition coefficient (Wildman–Crippen LogP) is 2.38. The molecule has 1 atom stereocenters. The Bertz CT molecular complexity index is 153. The molecule has 1 aliphatic rings. The van der Waals surface area contributed by atoms with Gasteiger partial charge in [-0.05, 0) is 11.8 Å². The molecule has 10 heavy (non-hydrogen) atoms. The zero-order valence-electron chi connectivity index (χ0n) is 7.27. The van der Waals surface area contributed by atoms with Crippen LogP contribution in [0.2, 0.25) is 0 Å². The summed E-state index contributed by atoms with van der Waals surface area (Å²) in [6.45, 7) is 6.62. The first-order chi connectivity index (χ1) is 4.52. The fourth-order valence-corrected chi connectivity index (χ4v) is 1.35. The topological polar surface area (TPSA) is 9.23 Å². The van der Waals surface area contributed by atoms with Crippen LogP contribution in [0.1, 0.15) is 27.2 Å². The minimum Gasteiger partial charge on any atom is -0.373 e. The van der Waals surface area contributed by atoms with Crippen LogP contribution < -0.4 is 0 Å². The number of hydrogen-bond donors (Lipinski definition) is 0. The summed E-state index contributed by atoms with van der Waals surface area (Å²) in [5.41, 5.74) is 0.253. The standard InChI is InChI=1S/C9H16O/c1-8(2,3)9(10-4)6-5-7-9/h5-6H,7H2,1-4H3. The van der Waals surface area contributed by atoms with Crippen LogP contribution >= 0.6 is 0 Å². The van der Waals surface area contributed by atoms with Gasteiger partial charge in [0.2, 0.25) is 0 Å². The van der Waals surface area contributed by atoms with Crippen LogP contribution in [0.15, 0.2) is 12.2 Å². The van der Waals surface area contributed by atoms with Gasteiger partial charge in [-0.25, -0.2) is 0 Å². The summed E-state index contributed by atoms with van der Waals surface area (Å²) in [7, 11) is 1.79. The monoisotopic (exact) mass is 140 g/mol. The van der Waals surface area contributed by atoms with Gasteiger partial charge in [-0.3, -0.25) is 0 Å². The molecule has 1 rings (SSSR count). The lowest BCUT2D eigenvalue weighted by Crippen LogP contribution is -2.46. The van der Waals surface area contributed by atoms with Crippen LogP contribution in [0.25, 0.3) is 0 Å². The smallest absolute Gasteiger partial charge is 0.0940 e. The second kappa shape index (κ2) is 2.09. The van der Waals surface area contributed by atoms with Crippen molar-refractivity contribution in [3.05, 3.63) is 12.2 Å². The first kappa shape index (κ1) is 7.80. The molecule has 0 N–H and O–H groups in total. The average Bonchev–Trinajstić information content (AvgIpc) is 1.58. The van der Waals surface area contributed by atoms with E-state index in [-0.39, 0.29) is 11.0 Å². The normalized spacial score (nSPS) is 32.0. The molecule has 0 saturated heterocycles. The molecule has 0 aliphatic heterocycles. The Labute approximate surface area is 63.1 Å². The van der Waals surface area contributed by atoms with Crippen LogP contribution in [0.4, 0.5) is 0 Å². The molecule has 0 aromatic heterocycles. The molecular formula is C9H16O. The van der Waals surface area contributed by atoms with Crippen molar-refractivity contribution in [2.24, 2.45) is 5.41 Å². The lowest BCUT2D eigenvalue weighted by molar-refractivity contribution is -0.0628. The van der Waals surface area contributed by atoms with Gasteiger partial charge < -0.3 is 4.74 Å². The molecule has 1 nitrogen and oxygen atoms in total. The highest BCUT2D eigenvalue weighted by Gasteiger charge is 2.42. The van der Waals surface area contributed by atoms with Gasteiger partial charge in [0, 0.05) is 7.11 Å². The van der Waals surface area contributed by atoms with Crippen molar-refractivity contribution in [1.82, 2.24) is 0 Å². The van der Waals surface area contributed by atoms with E-state index in [0.717, 1.165) is 6.42 Å². The Kier molecular flexibility index (Phi) is 1.63. The highest BCUT2D eigenvalue weighted by Crippen LogP contribution is 2.42. The Morgan fingerprint density at radius 2 is 1.90 bits per heavy atom. The van der Waals surface area contributed by atoms with Crippen LogP contribution in [-0.2, 0) is 4.74 Å². The molecule has 58 valence electrons. The summed E-state index contributed by atoms with van der Waals surface area (Å²) in [6.07, 6.45) is 5.38. The van der Waals surface area contributed by atoms with Crippen LogP contribution in [-0.4, -0.2) is 12.7 Å². The van der Waals surface area contributed by atoms with E-state index < -0.39 is 0 Å². The van der Waals surface area contributed by atoms with E-state index in [4.69, 9.17) is 4.74 Å². The van der Waals surface area contributed by atoms with Gasteiger partial charge in [-0.1, -0.05) is 32.9 Å². The van der Waals surface area contributed by atoms with Crippen molar-refractivity contribution < 1.29 is 4.74 Å². The largest absolute Gasteiger partial charge is 0.373 e. The van der Waals surface area contributed by atoms with Crippen LogP contribution in [0, 0.1) is 5.41 Å². The zero-order chi connectivity index (χ0) is 7.83. The molecule has 0 fully saturated rings. The van der Waals surface area contributed by atoms with E-state index in [0.29, 0.717) is 0 Å². The van der Waals surface area contributed by atoms with Crippen molar-refractivity contribution in [3.63, 3.8) is 0 Å². The second-order valence-corrected chi connectivity index (χ2v) is 3.95. The fraction of sp³-hybridized carbons (Fsp3) is 0.778. The molecule has 1 aliphatic carbocycles. The van der Waals surface area contributed by atoms with Crippen molar-refractivity contribution in [2.45, 2.75) is 32.8 Å². The number of ether oxygens (including phenoxy) is 1. The van der Waals surface area contributed by atoms with Gasteiger partial charge in [-0.2, -0.15) is 0 Å². The van der Waals surface area contributed by atoms with Gasteiger partial charge in [0.05, 0.1) is 5.60 Å². The minimum absolute atomic E-state index is 0.0208. The lowest BCUT2D eigenvalue weighted by atomic mass is 9.69. The molecule has 0 saturated carbocycles. The van der Waals surface area contributed by atoms with E-state index in [1.165, 1.54) is 0 Å². The Balaban J connectivity index is 2.76. The van der Waals surface area contributed by atoms with Gasteiger partial charge in [-0.15, -0.1) is 0 Å². The molecule has 0 aromatic rings. The third-order valence-corrected chi connectivity index (χ3v) is 2.44. The Hall–Kier alpha value is -0.300. The second-order valence-electron chi connectivity index (χ2n) is 3.95. The molecule has 0 bridgehead atoms. The molecule has 1 heteroatoms. The van der Waals surface area contributed by atoms with Gasteiger partial charge in [0.15, 0.2) is 0 Å². The van der Waals surface area contributed by atoms with Gasteiger partial charge in [0.1, 0.15) is 0 Å². The highest BCUT2D eigenvalue weighted by molar-refractivity contribution is 5.20. The van der Waals surface area contributed by atoms with Crippen molar-refractivity contribution >= 4 is 0 Å². The molecular weight excluding hydrogens is 124 g/mol. The fourth-order valence-electron chi connectivity index (χ4n) is 1.35. The van der Waals surface area contributed by atoms with E-state index in [2.05, 4.69) is 32.9 Å². The first-order valence-corrected chi connectivity index (χ1v) is 3.75. The maximum atomic E-state index is 5.45. The van der Waals surface area contributed by atoms with Gasteiger partial charge in [0.25, 0.3) is 0 Å². The number of hydrogen-bond acceptors (Lipinski definition) is 1. The SMILES string of the molecule is COC1(C(C)(C)C)C=CC1. The third kappa shape index (κ3) is 0.891. The maximum Gasteiger partial charge on any atom is 0.0940 e. The summed E-state index contributed by atoms with van der Waals surface area (Å²) in [5.74, 6) is 0. The number of rotatable bonds is 1. The lowest BCUT2D eigenvalue weighted by Gasteiger charge is -2.45. The van der Waals surface area contributed by atoms with Crippen molar-refractivity contribution in [2.75, 3.05) is 7.11 Å². The minimum atomic E-state index is 0.0208. The van der Waals surface area contributed by atoms with Crippen molar-refractivity contribution in [1.29, 1.82) is 0 Å². The number of methoxy groups -OCH3 is 1. The van der Waals surface area contributed by atoms with Crippen LogP contribution in [0.5, 0.6) is 0 Å². The van der Waals surface area contributed by atoms with Gasteiger partial charge >= 0.3 is 0 Å². The Morgan fingerprint density at radius 1 is 1.40 bits per heavy atom. The summed E-state index contributed by atoms with van der Waals surface area (Å²) in [4.78, 5) is 0. The predicted molar refractivity (Wildman–Crippen MR) is 43.0 cm³/mol. The quantitative estimate of drug-likeness (QED) is 0.508.